The molecule has 0 unspecified atom stereocenters. The second kappa shape index (κ2) is 4.80. The van der Waals surface area contributed by atoms with Crippen molar-refractivity contribution in [1.29, 1.82) is 0 Å². The molecule has 0 amide bonds. The average molecular weight is 271 g/mol. The van der Waals surface area contributed by atoms with Crippen LogP contribution in [0.3, 0.4) is 0 Å². The zero-order valence-electron chi connectivity index (χ0n) is 12.7. The summed E-state index contributed by atoms with van der Waals surface area (Å²) in [6.45, 7) is 7.09. The smallest absolute Gasteiger partial charge is 0.110 e. The van der Waals surface area contributed by atoms with Crippen LogP contribution in [0.1, 0.15) is 58.2 Å². The maximum absolute atomic E-state index is 5.83. The largest absolute Gasteiger partial charge is 0.399 e. The molecule has 1 aromatic carbocycles. The van der Waals surface area contributed by atoms with Crippen molar-refractivity contribution in [2.75, 3.05) is 5.73 Å². The molecule has 0 aliphatic heterocycles. The van der Waals surface area contributed by atoms with E-state index in [1.54, 1.807) is 0 Å². The molecule has 108 valence electrons. The van der Waals surface area contributed by atoms with Gasteiger partial charge in [-0.2, -0.15) is 0 Å². The second-order valence-electron chi connectivity index (χ2n) is 7.31. The minimum absolute atomic E-state index is 0.438. The number of fused-ring (bicyclic) bond motifs is 1. The molecule has 0 spiro atoms. The van der Waals surface area contributed by atoms with Gasteiger partial charge in [-0.15, -0.1) is 0 Å². The maximum atomic E-state index is 5.83. The molecule has 3 heteroatoms. The lowest BCUT2D eigenvalue weighted by atomic mass is 9.70. The van der Waals surface area contributed by atoms with Crippen molar-refractivity contribution in [1.82, 2.24) is 9.97 Å². The summed E-state index contributed by atoms with van der Waals surface area (Å²) >= 11 is 0. The van der Waals surface area contributed by atoms with Crippen LogP contribution in [0.25, 0.3) is 11.0 Å². The molecule has 0 atom stereocenters. The first kappa shape index (κ1) is 13.5. The number of aromatic nitrogens is 2. The van der Waals surface area contributed by atoms with E-state index in [0.29, 0.717) is 11.3 Å². The van der Waals surface area contributed by atoms with Crippen molar-refractivity contribution in [2.24, 2.45) is 11.3 Å². The van der Waals surface area contributed by atoms with Crippen LogP contribution in [0.4, 0.5) is 5.69 Å². The van der Waals surface area contributed by atoms with Crippen LogP contribution in [-0.2, 0) is 0 Å². The summed E-state index contributed by atoms with van der Waals surface area (Å²) < 4.78 is 0. The van der Waals surface area contributed by atoms with Crippen LogP contribution in [0.2, 0.25) is 0 Å². The predicted octanol–water partition coefficient (Wildman–Crippen LogP) is 4.47. The van der Waals surface area contributed by atoms with Crippen molar-refractivity contribution >= 4 is 16.7 Å². The number of rotatable bonds is 1. The molecular weight excluding hydrogens is 246 g/mol. The van der Waals surface area contributed by atoms with Gasteiger partial charge in [0.25, 0.3) is 0 Å². The fourth-order valence-corrected chi connectivity index (χ4v) is 3.47. The monoisotopic (exact) mass is 271 g/mol. The third-order valence-corrected chi connectivity index (χ3v) is 4.86. The maximum Gasteiger partial charge on any atom is 0.110 e. The molecule has 3 nitrogen and oxygen atoms in total. The summed E-state index contributed by atoms with van der Waals surface area (Å²) in [5.74, 6) is 2.58. The van der Waals surface area contributed by atoms with Gasteiger partial charge in [0.2, 0.25) is 0 Å². The fourth-order valence-electron chi connectivity index (χ4n) is 3.47. The van der Waals surface area contributed by atoms with E-state index in [2.05, 4.69) is 25.8 Å². The van der Waals surface area contributed by atoms with Crippen LogP contribution in [0, 0.1) is 11.3 Å². The molecule has 1 fully saturated rings. The highest BCUT2D eigenvalue weighted by molar-refractivity contribution is 5.78. The molecule has 0 bridgehead atoms. The van der Waals surface area contributed by atoms with Crippen LogP contribution in [-0.4, -0.2) is 9.97 Å². The van der Waals surface area contributed by atoms with Gasteiger partial charge in [0.15, 0.2) is 0 Å². The topological polar surface area (TPSA) is 54.7 Å². The van der Waals surface area contributed by atoms with Crippen molar-refractivity contribution in [3.8, 4) is 0 Å². The van der Waals surface area contributed by atoms with E-state index < -0.39 is 0 Å². The molecule has 1 saturated carbocycles. The van der Waals surface area contributed by atoms with Gasteiger partial charge < -0.3 is 10.7 Å². The second-order valence-corrected chi connectivity index (χ2v) is 7.31. The SMILES string of the molecule is CC(C)(C)C1CCC(c2nc3ccc(N)cc3[nH]2)CC1. The zero-order chi connectivity index (χ0) is 14.3. The number of hydrogen-bond donors (Lipinski definition) is 2. The number of nitrogens with two attached hydrogens (primary N) is 1. The number of aromatic amines is 1. The number of nitrogens with one attached hydrogen (secondary N) is 1. The number of benzene rings is 1. The minimum atomic E-state index is 0.438. The Morgan fingerprint density at radius 2 is 1.85 bits per heavy atom. The highest BCUT2D eigenvalue weighted by atomic mass is 14.9. The quantitative estimate of drug-likeness (QED) is 0.752. The predicted molar refractivity (Wildman–Crippen MR) is 84.7 cm³/mol. The van der Waals surface area contributed by atoms with Gasteiger partial charge in [-0.05, 0) is 55.2 Å². The molecule has 2 aromatic rings. The van der Waals surface area contributed by atoms with Gasteiger partial charge >= 0.3 is 0 Å². The Balaban J connectivity index is 1.76. The normalized spacial score (nSPS) is 24.1. The van der Waals surface area contributed by atoms with E-state index in [1.165, 1.54) is 25.7 Å². The number of imidazole rings is 1. The highest BCUT2D eigenvalue weighted by Crippen LogP contribution is 2.42. The van der Waals surface area contributed by atoms with Gasteiger partial charge in [-0.25, -0.2) is 4.98 Å². The minimum Gasteiger partial charge on any atom is -0.399 e. The third-order valence-electron chi connectivity index (χ3n) is 4.86. The zero-order valence-corrected chi connectivity index (χ0v) is 12.7. The third kappa shape index (κ3) is 2.54. The van der Waals surface area contributed by atoms with Gasteiger partial charge in [0, 0.05) is 11.6 Å². The Labute approximate surface area is 121 Å². The number of nitrogens with zero attached hydrogens (tertiary/aromatic N) is 1. The summed E-state index contributed by atoms with van der Waals surface area (Å²) in [6, 6.07) is 5.90. The average Bonchev–Trinajstić information content (AvgIpc) is 2.80. The number of anilines is 1. The first-order valence-corrected chi connectivity index (χ1v) is 7.68. The Morgan fingerprint density at radius 3 is 2.50 bits per heavy atom. The van der Waals surface area contributed by atoms with Crippen molar-refractivity contribution in [2.45, 2.75) is 52.4 Å². The molecule has 0 saturated heterocycles. The van der Waals surface area contributed by atoms with Gasteiger partial charge in [0.05, 0.1) is 11.0 Å². The summed E-state index contributed by atoms with van der Waals surface area (Å²) in [5, 5.41) is 0. The molecule has 3 rings (SSSR count). The first-order valence-electron chi connectivity index (χ1n) is 7.68. The molecule has 0 radical (unpaired) electrons. The Hall–Kier alpha value is -1.51. The van der Waals surface area contributed by atoms with E-state index in [4.69, 9.17) is 10.7 Å². The van der Waals surface area contributed by atoms with Gasteiger partial charge in [-0.1, -0.05) is 20.8 Å². The van der Waals surface area contributed by atoms with E-state index in [9.17, 15) is 0 Å². The Morgan fingerprint density at radius 1 is 1.15 bits per heavy atom. The summed E-state index contributed by atoms with van der Waals surface area (Å²) in [4.78, 5) is 8.22. The summed E-state index contributed by atoms with van der Waals surface area (Å²) in [6.07, 6.45) is 5.12. The van der Waals surface area contributed by atoms with E-state index >= 15 is 0 Å². The highest BCUT2D eigenvalue weighted by Gasteiger charge is 2.31. The molecule has 3 N–H and O–H groups in total. The number of hydrogen-bond acceptors (Lipinski definition) is 2. The molecule has 1 aromatic heterocycles. The van der Waals surface area contributed by atoms with Crippen molar-refractivity contribution in [3.63, 3.8) is 0 Å². The van der Waals surface area contributed by atoms with Crippen molar-refractivity contribution < 1.29 is 0 Å². The van der Waals surface area contributed by atoms with Crippen LogP contribution >= 0.6 is 0 Å². The Kier molecular flexibility index (Phi) is 3.23. The molecule has 1 aliphatic rings. The Bertz CT molecular complexity index is 598. The molecule has 20 heavy (non-hydrogen) atoms. The molecule has 1 heterocycles. The van der Waals surface area contributed by atoms with Crippen LogP contribution in [0.5, 0.6) is 0 Å². The summed E-state index contributed by atoms with van der Waals surface area (Å²) in [5.41, 5.74) is 9.17. The molecular formula is C17H25N3. The number of nitrogen functional groups attached to an aromatic ring is 1. The first-order chi connectivity index (χ1) is 9.43. The molecule has 1 aliphatic carbocycles. The van der Waals surface area contributed by atoms with Gasteiger partial charge in [0.1, 0.15) is 5.82 Å². The van der Waals surface area contributed by atoms with Crippen molar-refractivity contribution in [3.05, 3.63) is 24.0 Å². The summed E-state index contributed by atoms with van der Waals surface area (Å²) in [7, 11) is 0. The van der Waals surface area contributed by atoms with E-state index in [-0.39, 0.29) is 0 Å². The lowest BCUT2D eigenvalue weighted by Crippen LogP contribution is -2.25. The van der Waals surface area contributed by atoms with E-state index in [1.807, 2.05) is 18.2 Å². The van der Waals surface area contributed by atoms with Crippen LogP contribution < -0.4 is 5.73 Å². The van der Waals surface area contributed by atoms with Gasteiger partial charge in [-0.3, -0.25) is 0 Å². The lowest BCUT2D eigenvalue weighted by molar-refractivity contribution is 0.167. The lowest BCUT2D eigenvalue weighted by Gasteiger charge is -2.36. The number of H-pyrrole nitrogens is 1. The standard InChI is InChI=1S/C17H25N3/c1-17(2,3)12-6-4-11(5-7-12)16-19-14-9-8-13(18)10-15(14)20-16/h8-12H,4-7,18H2,1-3H3,(H,19,20). The fraction of sp³-hybridized carbons (Fsp3) is 0.588. The van der Waals surface area contributed by atoms with E-state index in [0.717, 1.165) is 28.5 Å². The van der Waals surface area contributed by atoms with Crippen LogP contribution in [0.15, 0.2) is 18.2 Å².